The highest BCUT2D eigenvalue weighted by Crippen LogP contribution is 2.29. The van der Waals surface area contributed by atoms with Gasteiger partial charge in [-0.15, -0.1) is 24.0 Å². The van der Waals surface area contributed by atoms with E-state index in [4.69, 9.17) is 9.73 Å². The minimum atomic E-state index is 0. The number of aliphatic imine (C=N–C) groups is 1. The number of likely N-dealkylation sites (tertiary alicyclic amines) is 1. The zero-order valence-electron chi connectivity index (χ0n) is 16.9. The maximum absolute atomic E-state index is 5.97. The summed E-state index contributed by atoms with van der Waals surface area (Å²) < 4.78 is 5.97. The van der Waals surface area contributed by atoms with E-state index in [0.717, 1.165) is 24.3 Å². The largest absolute Gasteiger partial charge is 0.489 e. The number of hydrogen-bond acceptors (Lipinski definition) is 3. The molecule has 1 atom stereocenters. The molecular weight excluding hydrogens is 451 g/mol. The van der Waals surface area contributed by atoms with Gasteiger partial charge in [-0.05, 0) is 58.6 Å². The van der Waals surface area contributed by atoms with Crippen molar-refractivity contribution < 1.29 is 4.74 Å². The SMILES string of the molecule is CCNC(=NCC(C)Oc1ccc(C)cc1)NC1CCN(C2CC2)CC1.I. The number of nitrogens with one attached hydrogen (secondary N) is 2. The summed E-state index contributed by atoms with van der Waals surface area (Å²) in [5.41, 5.74) is 1.24. The van der Waals surface area contributed by atoms with Crippen LogP contribution < -0.4 is 15.4 Å². The monoisotopic (exact) mass is 486 g/mol. The van der Waals surface area contributed by atoms with E-state index in [1.54, 1.807) is 0 Å². The van der Waals surface area contributed by atoms with Gasteiger partial charge in [0, 0.05) is 31.7 Å². The Hall–Kier alpha value is -1.02. The summed E-state index contributed by atoms with van der Waals surface area (Å²) >= 11 is 0. The smallest absolute Gasteiger partial charge is 0.191 e. The first-order valence-corrected chi connectivity index (χ1v) is 10.2. The quantitative estimate of drug-likeness (QED) is 0.352. The van der Waals surface area contributed by atoms with E-state index >= 15 is 0 Å². The van der Waals surface area contributed by atoms with Crippen LogP contribution in [0, 0.1) is 6.92 Å². The first kappa shape index (κ1) is 22.3. The van der Waals surface area contributed by atoms with Crippen molar-refractivity contribution in [3.05, 3.63) is 29.8 Å². The minimum absolute atomic E-state index is 0. The Morgan fingerprint density at radius 3 is 2.44 bits per heavy atom. The average Bonchev–Trinajstić information content (AvgIpc) is 3.48. The Kier molecular flexibility index (Phi) is 9.15. The van der Waals surface area contributed by atoms with Crippen LogP contribution in [0.5, 0.6) is 5.75 Å². The van der Waals surface area contributed by atoms with Gasteiger partial charge < -0.3 is 20.3 Å². The van der Waals surface area contributed by atoms with Crippen LogP contribution in [0.4, 0.5) is 0 Å². The highest BCUT2D eigenvalue weighted by Gasteiger charge is 2.31. The molecule has 2 aliphatic rings. The van der Waals surface area contributed by atoms with Crippen molar-refractivity contribution >= 4 is 29.9 Å². The molecule has 6 heteroatoms. The Balaban J connectivity index is 0.00000261. The third kappa shape index (κ3) is 7.49. The van der Waals surface area contributed by atoms with Crippen molar-refractivity contribution in [2.75, 3.05) is 26.2 Å². The van der Waals surface area contributed by atoms with Gasteiger partial charge in [-0.3, -0.25) is 0 Å². The molecule has 0 spiro atoms. The maximum atomic E-state index is 5.97. The van der Waals surface area contributed by atoms with Gasteiger partial charge in [-0.25, -0.2) is 4.99 Å². The first-order valence-electron chi connectivity index (χ1n) is 10.2. The second-order valence-corrected chi connectivity index (χ2v) is 7.65. The molecule has 0 radical (unpaired) electrons. The molecule has 1 unspecified atom stereocenters. The van der Waals surface area contributed by atoms with E-state index in [9.17, 15) is 0 Å². The number of hydrogen-bond donors (Lipinski definition) is 2. The van der Waals surface area contributed by atoms with Gasteiger partial charge in [-0.1, -0.05) is 17.7 Å². The third-order valence-corrected chi connectivity index (χ3v) is 5.14. The zero-order valence-corrected chi connectivity index (χ0v) is 19.2. The summed E-state index contributed by atoms with van der Waals surface area (Å²) in [5.74, 6) is 1.82. The molecular formula is C21H35IN4O. The lowest BCUT2D eigenvalue weighted by Crippen LogP contribution is -2.49. The predicted molar refractivity (Wildman–Crippen MR) is 123 cm³/mol. The molecule has 27 heavy (non-hydrogen) atoms. The minimum Gasteiger partial charge on any atom is -0.489 e. The normalized spacial score (nSPS) is 19.9. The number of benzene rings is 1. The summed E-state index contributed by atoms with van der Waals surface area (Å²) in [4.78, 5) is 7.40. The Morgan fingerprint density at radius 1 is 1.19 bits per heavy atom. The van der Waals surface area contributed by atoms with Gasteiger partial charge in [0.2, 0.25) is 0 Å². The van der Waals surface area contributed by atoms with Gasteiger partial charge in [0.1, 0.15) is 11.9 Å². The fourth-order valence-electron chi connectivity index (χ4n) is 3.47. The summed E-state index contributed by atoms with van der Waals surface area (Å²) in [6.07, 6.45) is 5.26. The zero-order chi connectivity index (χ0) is 18.4. The first-order chi connectivity index (χ1) is 12.6. The van der Waals surface area contributed by atoms with E-state index in [1.807, 2.05) is 12.1 Å². The molecule has 3 rings (SSSR count). The molecule has 0 amide bonds. The molecule has 1 aliphatic heterocycles. The van der Waals surface area contributed by atoms with Crippen molar-refractivity contribution in [1.82, 2.24) is 15.5 Å². The molecule has 0 aromatic heterocycles. The molecule has 1 saturated heterocycles. The van der Waals surface area contributed by atoms with E-state index in [1.165, 1.54) is 44.3 Å². The molecule has 2 fully saturated rings. The molecule has 2 N–H and O–H groups in total. The van der Waals surface area contributed by atoms with Crippen LogP contribution in [0.2, 0.25) is 0 Å². The molecule has 1 aliphatic carbocycles. The Bertz CT molecular complexity index is 580. The molecule has 152 valence electrons. The lowest BCUT2D eigenvalue weighted by Gasteiger charge is -2.33. The van der Waals surface area contributed by atoms with Gasteiger partial charge in [-0.2, -0.15) is 0 Å². The standard InChI is InChI=1S/C21H34N4O.HI/c1-4-22-21(24-18-11-13-25(14-12-18)19-7-8-19)23-15-17(3)26-20-9-5-16(2)6-10-20;/h5-6,9-10,17-19H,4,7-8,11-15H2,1-3H3,(H2,22,23,24);1H. The van der Waals surface area contributed by atoms with Crippen LogP contribution in [-0.4, -0.2) is 55.2 Å². The number of guanidine groups is 1. The van der Waals surface area contributed by atoms with Crippen molar-refractivity contribution in [2.24, 2.45) is 4.99 Å². The molecule has 1 saturated carbocycles. The molecule has 0 bridgehead atoms. The number of halogens is 1. The molecule has 1 aromatic carbocycles. The van der Waals surface area contributed by atoms with Crippen LogP contribution in [0.3, 0.4) is 0 Å². The van der Waals surface area contributed by atoms with Crippen LogP contribution in [0.1, 0.15) is 45.1 Å². The van der Waals surface area contributed by atoms with Crippen molar-refractivity contribution in [3.8, 4) is 5.75 Å². The van der Waals surface area contributed by atoms with Gasteiger partial charge in [0.15, 0.2) is 5.96 Å². The van der Waals surface area contributed by atoms with Crippen LogP contribution in [0.15, 0.2) is 29.3 Å². The van der Waals surface area contributed by atoms with Crippen LogP contribution >= 0.6 is 24.0 Å². The number of piperidine rings is 1. The highest BCUT2D eigenvalue weighted by molar-refractivity contribution is 14.0. The third-order valence-electron chi connectivity index (χ3n) is 5.14. The van der Waals surface area contributed by atoms with Gasteiger partial charge in [0.25, 0.3) is 0 Å². The number of aryl methyl sites for hydroxylation is 1. The highest BCUT2D eigenvalue weighted by atomic mass is 127. The van der Waals surface area contributed by atoms with Crippen LogP contribution in [0.25, 0.3) is 0 Å². The molecule has 1 aromatic rings. The van der Waals surface area contributed by atoms with Crippen LogP contribution in [-0.2, 0) is 0 Å². The second-order valence-electron chi connectivity index (χ2n) is 7.65. The second kappa shape index (κ2) is 11.1. The molecule has 5 nitrogen and oxygen atoms in total. The lowest BCUT2D eigenvalue weighted by atomic mass is 10.1. The topological polar surface area (TPSA) is 48.9 Å². The van der Waals surface area contributed by atoms with E-state index < -0.39 is 0 Å². The number of rotatable bonds is 7. The van der Waals surface area contributed by atoms with Gasteiger partial charge >= 0.3 is 0 Å². The Morgan fingerprint density at radius 2 is 1.85 bits per heavy atom. The fourth-order valence-corrected chi connectivity index (χ4v) is 3.47. The predicted octanol–water partition coefficient (Wildman–Crippen LogP) is 3.56. The maximum Gasteiger partial charge on any atom is 0.191 e. The van der Waals surface area contributed by atoms with Crippen molar-refractivity contribution in [3.63, 3.8) is 0 Å². The van der Waals surface area contributed by atoms with E-state index in [2.05, 4.69) is 48.4 Å². The summed E-state index contributed by atoms with van der Waals surface area (Å²) in [7, 11) is 0. The van der Waals surface area contributed by atoms with E-state index in [-0.39, 0.29) is 30.1 Å². The average molecular weight is 486 g/mol. The fraction of sp³-hybridized carbons (Fsp3) is 0.667. The summed E-state index contributed by atoms with van der Waals surface area (Å²) in [6, 6.07) is 9.60. The summed E-state index contributed by atoms with van der Waals surface area (Å²) in [6.45, 7) is 10.2. The van der Waals surface area contributed by atoms with E-state index in [0.29, 0.717) is 12.6 Å². The van der Waals surface area contributed by atoms with Gasteiger partial charge in [0.05, 0.1) is 6.54 Å². The molecule has 1 heterocycles. The Labute approximate surface area is 181 Å². The number of ether oxygens (including phenoxy) is 1. The summed E-state index contributed by atoms with van der Waals surface area (Å²) in [5, 5.41) is 6.99. The number of nitrogens with zero attached hydrogens (tertiary/aromatic N) is 2. The lowest BCUT2D eigenvalue weighted by molar-refractivity contribution is 0.197. The van der Waals surface area contributed by atoms with Crippen molar-refractivity contribution in [1.29, 1.82) is 0 Å². The van der Waals surface area contributed by atoms with Crippen molar-refractivity contribution in [2.45, 2.75) is 64.6 Å².